The summed E-state index contributed by atoms with van der Waals surface area (Å²) in [6, 6.07) is -6.64. The minimum atomic E-state index is -1.54. The molecule has 6 amide bonds. The summed E-state index contributed by atoms with van der Waals surface area (Å²) in [6.45, 7) is 3.58. The Morgan fingerprint density at radius 3 is 1.76 bits per heavy atom. The molecule has 238 valence electrons. The van der Waals surface area contributed by atoms with Crippen molar-refractivity contribution in [2.24, 2.45) is 17.4 Å². The molecular formula is C24H41N7O11. The van der Waals surface area contributed by atoms with Gasteiger partial charge in [0.05, 0.1) is 13.2 Å². The molecule has 0 bridgehead atoms. The van der Waals surface area contributed by atoms with E-state index in [1.54, 1.807) is 13.8 Å². The molecule has 0 aliphatic carbocycles. The SMILES string of the molecule is CC(C)C[C@H](NC(=O)[C@@H](N)CO)C(=O)NCC(=O)N[C@@H](C)C(=O)N[C@@H](CCC(=O)O)C(=O)N[C@@H](CCC(N)=O)C(=O)O. The van der Waals surface area contributed by atoms with Crippen molar-refractivity contribution in [1.82, 2.24) is 26.6 Å². The highest BCUT2D eigenvalue weighted by atomic mass is 16.4. The number of carbonyl (C=O) groups excluding carboxylic acids is 6. The van der Waals surface area contributed by atoms with Gasteiger partial charge in [0, 0.05) is 12.8 Å². The normalized spacial score (nSPS) is 14.3. The Kier molecular flexibility index (Phi) is 17.0. The van der Waals surface area contributed by atoms with Crippen LogP contribution in [0.5, 0.6) is 0 Å². The maximum absolute atomic E-state index is 12.7. The van der Waals surface area contributed by atoms with Crippen LogP contribution >= 0.6 is 0 Å². The minimum Gasteiger partial charge on any atom is -0.481 e. The lowest BCUT2D eigenvalue weighted by Gasteiger charge is -2.23. The fraction of sp³-hybridized carbons (Fsp3) is 0.667. The second kappa shape index (κ2) is 18.9. The van der Waals surface area contributed by atoms with E-state index in [2.05, 4.69) is 26.6 Å². The number of carboxylic acids is 2. The van der Waals surface area contributed by atoms with Crippen LogP contribution in [0.15, 0.2) is 0 Å². The molecule has 0 rings (SSSR count). The van der Waals surface area contributed by atoms with Crippen LogP contribution in [-0.2, 0) is 38.4 Å². The molecule has 0 aromatic carbocycles. The van der Waals surface area contributed by atoms with Crippen LogP contribution in [-0.4, -0.2) is 106 Å². The van der Waals surface area contributed by atoms with E-state index >= 15 is 0 Å². The molecule has 5 atom stereocenters. The van der Waals surface area contributed by atoms with Crippen LogP contribution in [0.2, 0.25) is 0 Å². The number of nitrogens with two attached hydrogens (primary N) is 2. The molecule has 12 N–H and O–H groups in total. The lowest BCUT2D eigenvalue weighted by molar-refractivity contribution is -0.143. The second-order valence-electron chi connectivity index (χ2n) is 9.88. The molecule has 42 heavy (non-hydrogen) atoms. The van der Waals surface area contributed by atoms with Crippen LogP contribution in [0, 0.1) is 5.92 Å². The molecule has 0 radical (unpaired) electrons. The van der Waals surface area contributed by atoms with Crippen LogP contribution in [0.4, 0.5) is 0 Å². The average Bonchev–Trinajstić information content (AvgIpc) is 2.89. The number of nitrogens with one attached hydrogen (secondary N) is 5. The number of hydrogen-bond acceptors (Lipinski definition) is 10. The molecule has 0 spiro atoms. The number of aliphatic carboxylic acids is 2. The van der Waals surface area contributed by atoms with E-state index in [0.29, 0.717) is 0 Å². The maximum atomic E-state index is 12.7. The third-order valence-electron chi connectivity index (χ3n) is 5.64. The Balaban J connectivity index is 5.24. The first kappa shape index (κ1) is 37.7. The Hall–Kier alpha value is -4.32. The standard InChI is InChI=1S/C24H41N7O11/c1-11(2)8-16(31-21(38)13(25)10-32)22(39)27-9-18(34)28-12(3)20(37)29-14(5-7-19(35)36)23(40)30-15(24(41)42)4-6-17(26)33/h11-16,32H,4-10,25H2,1-3H3,(H2,26,33)(H,27,39)(H,28,34)(H,29,37)(H,30,40)(H,31,38)(H,35,36)(H,41,42)/t12-,13-,14-,15-,16-/m0/s1. The molecule has 0 saturated carbocycles. The summed E-state index contributed by atoms with van der Waals surface area (Å²) in [6.07, 6.45) is -1.49. The van der Waals surface area contributed by atoms with Gasteiger partial charge in [-0.3, -0.25) is 33.6 Å². The zero-order valence-corrected chi connectivity index (χ0v) is 23.7. The summed E-state index contributed by atoms with van der Waals surface area (Å²) < 4.78 is 0. The van der Waals surface area contributed by atoms with Gasteiger partial charge < -0.3 is 53.4 Å². The summed E-state index contributed by atoms with van der Waals surface area (Å²) in [7, 11) is 0. The van der Waals surface area contributed by atoms with Gasteiger partial charge in [0.15, 0.2) is 0 Å². The van der Waals surface area contributed by atoms with Gasteiger partial charge in [-0.05, 0) is 32.1 Å². The van der Waals surface area contributed by atoms with Gasteiger partial charge in [0.2, 0.25) is 35.4 Å². The number of aliphatic hydroxyl groups is 1. The van der Waals surface area contributed by atoms with Gasteiger partial charge in [-0.1, -0.05) is 13.8 Å². The first-order valence-electron chi connectivity index (χ1n) is 13.1. The molecule has 0 aliphatic rings. The highest BCUT2D eigenvalue weighted by Gasteiger charge is 2.29. The summed E-state index contributed by atoms with van der Waals surface area (Å²) >= 11 is 0. The Morgan fingerprint density at radius 2 is 1.26 bits per heavy atom. The zero-order chi connectivity index (χ0) is 32.6. The van der Waals surface area contributed by atoms with E-state index in [0.717, 1.165) is 0 Å². The fourth-order valence-corrected chi connectivity index (χ4v) is 3.36. The van der Waals surface area contributed by atoms with Crippen molar-refractivity contribution in [3.63, 3.8) is 0 Å². The minimum absolute atomic E-state index is 0.0378. The number of hydrogen-bond donors (Lipinski definition) is 10. The van der Waals surface area contributed by atoms with Gasteiger partial charge >= 0.3 is 11.9 Å². The van der Waals surface area contributed by atoms with E-state index in [1.807, 2.05) is 0 Å². The van der Waals surface area contributed by atoms with E-state index in [-0.39, 0.29) is 25.2 Å². The number of carboxylic acid groups (broad SMARTS) is 2. The Labute approximate surface area is 241 Å². The lowest BCUT2D eigenvalue weighted by atomic mass is 10.0. The van der Waals surface area contributed by atoms with E-state index in [1.165, 1.54) is 6.92 Å². The van der Waals surface area contributed by atoms with Crippen LogP contribution < -0.4 is 38.1 Å². The topological polar surface area (TPSA) is 309 Å². The first-order valence-corrected chi connectivity index (χ1v) is 13.1. The molecule has 18 heteroatoms. The summed E-state index contributed by atoms with van der Waals surface area (Å²) in [5.74, 6) is -7.89. The molecule has 0 fully saturated rings. The van der Waals surface area contributed by atoms with Gasteiger partial charge in [0.25, 0.3) is 0 Å². The van der Waals surface area contributed by atoms with Crippen molar-refractivity contribution in [1.29, 1.82) is 0 Å². The smallest absolute Gasteiger partial charge is 0.326 e. The number of amides is 6. The first-order chi connectivity index (χ1) is 19.5. The number of aliphatic hydroxyl groups excluding tert-OH is 1. The van der Waals surface area contributed by atoms with Crippen molar-refractivity contribution in [3.05, 3.63) is 0 Å². The Morgan fingerprint density at radius 1 is 0.714 bits per heavy atom. The number of carbonyl (C=O) groups is 8. The van der Waals surface area contributed by atoms with Crippen molar-refractivity contribution in [2.75, 3.05) is 13.2 Å². The molecular weight excluding hydrogens is 562 g/mol. The van der Waals surface area contributed by atoms with Crippen LogP contribution in [0.1, 0.15) is 52.9 Å². The van der Waals surface area contributed by atoms with Gasteiger partial charge in [-0.25, -0.2) is 4.79 Å². The predicted octanol–water partition coefficient (Wildman–Crippen LogP) is -4.36. The molecule has 0 saturated heterocycles. The van der Waals surface area contributed by atoms with Gasteiger partial charge in [0.1, 0.15) is 30.2 Å². The zero-order valence-electron chi connectivity index (χ0n) is 23.7. The third kappa shape index (κ3) is 15.5. The van der Waals surface area contributed by atoms with Crippen molar-refractivity contribution < 1.29 is 53.7 Å². The maximum Gasteiger partial charge on any atom is 0.326 e. The molecule has 0 aliphatic heterocycles. The van der Waals surface area contributed by atoms with E-state index in [4.69, 9.17) is 21.7 Å². The molecule has 0 unspecified atom stereocenters. The molecule has 0 aromatic heterocycles. The van der Waals surface area contributed by atoms with Crippen molar-refractivity contribution >= 4 is 47.4 Å². The highest BCUT2D eigenvalue weighted by molar-refractivity contribution is 5.95. The number of rotatable bonds is 20. The summed E-state index contributed by atoms with van der Waals surface area (Å²) in [4.78, 5) is 95.7. The molecule has 18 nitrogen and oxygen atoms in total. The summed E-state index contributed by atoms with van der Waals surface area (Å²) in [5, 5.41) is 38.7. The van der Waals surface area contributed by atoms with Crippen molar-refractivity contribution in [2.45, 2.75) is 83.1 Å². The van der Waals surface area contributed by atoms with E-state index < -0.39 is 104 Å². The second-order valence-corrected chi connectivity index (χ2v) is 9.88. The quantitative estimate of drug-likeness (QED) is 0.0631. The van der Waals surface area contributed by atoms with E-state index in [9.17, 15) is 43.5 Å². The lowest BCUT2D eigenvalue weighted by Crippen LogP contribution is -2.56. The molecule has 0 aromatic rings. The van der Waals surface area contributed by atoms with Crippen LogP contribution in [0.25, 0.3) is 0 Å². The predicted molar refractivity (Wildman–Crippen MR) is 144 cm³/mol. The third-order valence-corrected chi connectivity index (χ3v) is 5.64. The summed E-state index contributed by atoms with van der Waals surface area (Å²) in [5.41, 5.74) is 10.5. The largest absolute Gasteiger partial charge is 0.481 e. The van der Waals surface area contributed by atoms with Crippen molar-refractivity contribution in [3.8, 4) is 0 Å². The highest BCUT2D eigenvalue weighted by Crippen LogP contribution is 2.06. The molecule has 0 heterocycles. The van der Waals surface area contributed by atoms with Crippen LogP contribution in [0.3, 0.4) is 0 Å². The Bertz CT molecular complexity index is 1010. The monoisotopic (exact) mass is 603 g/mol. The average molecular weight is 604 g/mol. The number of primary amides is 1. The van der Waals surface area contributed by atoms with Gasteiger partial charge in [-0.2, -0.15) is 0 Å². The fourth-order valence-electron chi connectivity index (χ4n) is 3.36. The van der Waals surface area contributed by atoms with Gasteiger partial charge in [-0.15, -0.1) is 0 Å².